The van der Waals surface area contributed by atoms with Crippen molar-refractivity contribution >= 4 is 73.1 Å². The van der Waals surface area contributed by atoms with Crippen LogP contribution in [0.3, 0.4) is 0 Å². The Morgan fingerprint density at radius 3 is 2.84 bits per heavy atom. The number of rotatable bonds is 4. The van der Waals surface area contributed by atoms with Crippen LogP contribution in [-0.2, 0) is 0 Å². The van der Waals surface area contributed by atoms with Crippen molar-refractivity contribution in [3.8, 4) is 0 Å². The van der Waals surface area contributed by atoms with Gasteiger partial charge < -0.3 is 25.8 Å². The van der Waals surface area contributed by atoms with Gasteiger partial charge in [0.1, 0.15) is 22.1 Å². The molecule has 5 heterocycles. The SMILES string of the molecule is CN(C)[C@@H]1CCN(C(=O)c2cnc(Cl)nc2Nc2ccc3c(ccc4sc5c(c43)NCCNC5=O)n2)C1. The van der Waals surface area contributed by atoms with Gasteiger partial charge in [-0.05, 0) is 56.4 Å². The molecule has 12 heteroatoms. The summed E-state index contributed by atoms with van der Waals surface area (Å²) in [6.45, 7) is 2.56. The van der Waals surface area contributed by atoms with Crippen molar-refractivity contribution < 1.29 is 9.59 Å². The molecule has 2 aliphatic rings. The highest BCUT2D eigenvalue weighted by Crippen LogP contribution is 2.41. The molecule has 4 aromatic rings. The predicted octanol–water partition coefficient (Wildman–Crippen LogP) is 3.57. The first kappa shape index (κ1) is 23.8. The zero-order valence-corrected chi connectivity index (χ0v) is 21.9. The summed E-state index contributed by atoms with van der Waals surface area (Å²) in [5, 5.41) is 11.5. The molecule has 3 N–H and O–H groups in total. The van der Waals surface area contributed by atoms with Crippen LogP contribution < -0.4 is 16.0 Å². The number of carbonyl (C=O) groups is 2. The van der Waals surface area contributed by atoms with Gasteiger partial charge >= 0.3 is 0 Å². The number of fused-ring (bicyclic) bond motifs is 5. The first-order valence-corrected chi connectivity index (χ1v) is 13.2. The summed E-state index contributed by atoms with van der Waals surface area (Å²) in [4.78, 5) is 43.6. The number of hydrogen-bond acceptors (Lipinski definition) is 9. The van der Waals surface area contributed by atoms with Crippen LogP contribution in [0.1, 0.15) is 26.5 Å². The third-order valence-electron chi connectivity index (χ3n) is 6.86. The molecule has 0 spiro atoms. The number of aromatic nitrogens is 3. The largest absolute Gasteiger partial charge is 0.381 e. The maximum Gasteiger partial charge on any atom is 0.263 e. The van der Waals surface area contributed by atoms with Crippen LogP contribution >= 0.6 is 22.9 Å². The second kappa shape index (κ2) is 9.40. The first-order chi connectivity index (χ1) is 17.9. The number of nitrogens with zero attached hydrogens (tertiary/aromatic N) is 5. The number of nitrogens with one attached hydrogen (secondary N) is 3. The number of carbonyl (C=O) groups excluding carboxylic acids is 2. The second-order valence-corrected chi connectivity index (χ2v) is 10.8. The fraction of sp³-hybridized carbons (Fsp3) is 0.320. The van der Waals surface area contributed by atoms with Gasteiger partial charge in [0.2, 0.25) is 5.28 Å². The lowest BCUT2D eigenvalue weighted by Crippen LogP contribution is -2.34. The molecular formula is C25H25ClN8O2S. The van der Waals surface area contributed by atoms with Crippen LogP contribution in [0.4, 0.5) is 17.3 Å². The standard InChI is InChI=1S/C25H25ClN8O2S/c1-33(2)13-7-10-34(12-13)24(36)15-11-29-25(26)32-22(15)31-18-6-3-14-16(30-18)4-5-17-19(14)20-21(37-17)23(35)28-9-8-27-20/h3-6,11,13,27H,7-10,12H2,1-2H3,(H,28,35)(H,29,30,31,32)/t13-/m1/s1. The number of anilines is 3. The molecule has 2 aliphatic heterocycles. The number of pyridine rings is 1. The lowest BCUT2D eigenvalue weighted by atomic mass is 10.1. The number of likely N-dealkylation sites (tertiary alicyclic amines) is 1. The quantitative estimate of drug-likeness (QED) is 0.339. The van der Waals surface area contributed by atoms with Gasteiger partial charge in [-0.2, -0.15) is 4.98 Å². The zero-order chi connectivity index (χ0) is 25.7. The summed E-state index contributed by atoms with van der Waals surface area (Å²) in [7, 11) is 4.04. The second-order valence-electron chi connectivity index (χ2n) is 9.37. The van der Waals surface area contributed by atoms with Crippen molar-refractivity contribution in [3.05, 3.63) is 46.2 Å². The van der Waals surface area contributed by atoms with Crippen molar-refractivity contribution in [2.24, 2.45) is 0 Å². The third-order valence-corrected chi connectivity index (χ3v) is 8.19. The Kier molecular flexibility index (Phi) is 6.06. The molecule has 3 aromatic heterocycles. The van der Waals surface area contributed by atoms with E-state index in [4.69, 9.17) is 16.6 Å². The Morgan fingerprint density at radius 2 is 2.03 bits per heavy atom. The molecule has 1 fully saturated rings. The Bertz CT molecular complexity index is 1560. The Hall–Kier alpha value is -3.54. The van der Waals surface area contributed by atoms with E-state index in [2.05, 4.69) is 30.8 Å². The molecule has 2 amide bonds. The molecule has 6 rings (SSSR count). The van der Waals surface area contributed by atoms with E-state index < -0.39 is 0 Å². The van der Waals surface area contributed by atoms with E-state index in [9.17, 15) is 9.59 Å². The normalized spacial score (nSPS) is 17.6. The first-order valence-electron chi connectivity index (χ1n) is 12.0. The molecule has 1 atom stereocenters. The molecular weight excluding hydrogens is 512 g/mol. The highest BCUT2D eigenvalue weighted by Gasteiger charge is 2.30. The topological polar surface area (TPSA) is 115 Å². The highest BCUT2D eigenvalue weighted by atomic mass is 35.5. The summed E-state index contributed by atoms with van der Waals surface area (Å²) in [5.41, 5.74) is 1.95. The minimum atomic E-state index is -0.142. The highest BCUT2D eigenvalue weighted by molar-refractivity contribution is 7.21. The van der Waals surface area contributed by atoms with Crippen molar-refractivity contribution in [1.29, 1.82) is 0 Å². The lowest BCUT2D eigenvalue weighted by Gasteiger charge is -2.21. The van der Waals surface area contributed by atoms with Gasteiger partial charge in [-0.3, -0.25) is 9.59 Å². The molecule has 0 saturated carbocycles. The van der Waals surface area contributed by atoms with E-state index in [0.29, 0.717) is 54.3 Å². The van der Waals surface area contributed by atoms with Gasteiger partial charge in [-0.1, -0.05) is 0 Å². The molecule has 0 radical (unpaired) electrons. The molecule has 0 aliphatic carbocycles. The molecule has 1 saturated heterocycles. The van der Waals surface area contributed by atoms with Crippen molar-refractivity contribution in [3.63, 3.8) is 0 Å². The maximum atomic E-state index is 13.3. The number of halogens is 1. The van der Waals surface area contributed by atoms with Gasteiger partial charge in [-0.15, -0.1) is 11.3 Å². The van der Waals surface area contributed by atoms with E-state index >= 15 is 0 Å². The number of thiophene rings is 1. The van der Waals surface area contributed by atoms with E-state index in [1.54, 1.807) is 0 Å². The van der Waals surface area contributed by atoms with Crippen LogP contribution in [0.25, 0.3) is 21.0 Å². The van der Waals surface area contributed by atoms with Gasteiger partial charge in [-0.25, -0.2) is 9.97 Å². The van der Waals surface area contributed by atoms with Crippen LogP contribution in [0.15, 0.2) is 30.5 Å². The van der Waals surface area contributed by atoms with Gasteiger partial charge in [0.15, 0.2) is 0 Å². The monoisotopic (exact) mass is 536 g/mol. The number of amides is 2. The Morgan fingerprint density at radius 1 is 1.19 bits per heavy atom. The summed E-state index contributed by atoms with van der Waals surface area (Å²) in [6.07, 6.45) is 2.38. The van der Waals surface area contributed by atoms with E-state index in [0.717, 1.165) is 33.1 Å². The van der Waals surface area contributed by atoms with E-state index in [1.165, 1.54) is 17.5 Å². The van der Waals surface area contributed by atoms with E-state index in [-0.39, 0.29) is 17.1 Å². The van der Waals surface area contributed by atoms with Crippen molar-refractivity contribution in [1.82, 2.24) is 30.1 Å². The average Bonchev–Trinajstić information content (AvgIpc) is 3.48. The van der Waals surface area contributed by atoms with E-state index in [1.807, 2.05) is 43.3 Å². The van der Waals surface area contributed by atoms with Crippen molar-refractivity contribution in [2.75, 3.05) is 50.9 Å². The zero-order valence-electron chi connectivity index (χ0n) is 20.3. The smallest absolute Gasteiger partial charge is 0.263 e. The summed E-state index contributed by atoms with van der Waals surface area (Å²) in [6, 6.07) is 8.04. The molecule has 0 bridgehead atoms. The van der Waals surface area contributed by atoms with Gasteiger partial charge in [0.05, 0.1) is 11.2 Å². The summed E-state index contributed by atoms with van der Waals surface area (Å²) >= 11 is 7.57. The van der Waals surface area contributed by atoms with Gasteiger partial charge in [0, 0.05) is 53.9 Å². The van der Waals surface area contributed by atoms with Gasteiger partial charge in [0.25, 0.3) is 11.8 Å². The minimum Gasteiger partial charge on any atom is -0.381 e. The van der Waals surface area contributed by atoms with Crippen LogP contribution in [0, 0.1) is 0 Å². The molecule has 10 nitrogen and oxygen atoms in total. The Labute approximate surface area is 222 Å². The average molecular weight is 537 g/mol. The van der Waals surface area contributed by atoms with Crippen LogP contribution in [-0.4, -0.2) is 82.9 Å². The minimum absolute atomic E-state index is 0.0412. The third kappa shape index (κ3) is 4.32. The predicted molar refractivity (Wildman–Crippen MR) is 146 cm³/mol. The molecule has 1 aromatic carbocycles. The number of hydrogen-bond donors (Lipinski definition) is 3. The van der Waals surface area contributed by atoms with Crippen LogP contribution in [0.5, 0.6) is 0 Å². The summed E-state index contributed by atoms with van der Waals surface area (Å²) < 4.78 is 1.02. The molecule has 37 heavy (non-hydrogen) atoms. The summed E-state index contributed by atoms with van der Waals surface area (Å²) in [5.74, 6) is 0.633. The van der Waals surface area contributed by atoms with Crippen molar-refractivity contribution in [2.45, 2.75) is 12.5 Å². The number of benzene rings is 1. The fourth-order valence-electron chi connectivity index (χ4n) is 4.89. The maximum absolute atomic E-state index is 13.3. The fourth-order valence-corrected chi connectivity index (χ4v) is 6.14. The Balaban J connectivity index is 1.34. The lowest BCUT2D eigenvalue weighted by molar-refractivity contribution is 0.0783. The molecule has 0 unspecified atom stereocenters. The molecule has 190 valence electrons. The van der Waals surface area contributed by atoms with Crippen LogP contribution in [0.2, 0.25) is 5.28 Å². The number of likely N-dealkylation sites (N-methyl/N-ethyl adjacent to an activating group) is 1.